The highest BCUT2D eigenvalue weighted by Crippen LogP contribution is 2.28. The van der Waals surface area contributed by atoms with Crippen LogP contribution in [0.25, 0.3) is 11.4 Å². The zero-order valence-electron chi connectivity index (χ0n) is 16.8. The van der Waals surface area contributed by atoms with Crippen molar-refractivity contribution in [1.29, 1.82) is 0 Å². The van der Waals surface area contributed by atoms with Crippen molar-refractivity contribution in [3.8, 4) is 11.4 Å². The van der Waals surface area contributed by atoms with Crippen molar-refractivity contribution in [2.45, 2.75) is 51.6 Å². The first kappa shape index (κ1) is 19.1. The largest absolute Gasteiger partial charge is 0.341 e. The monoisotopic (exact) mass is 382 g/mol. The molecule has 1 atom stereocenters. The van der Waals surface area contributed by atoms with E-state index in [0.29, 0.717) is 11.9 Å². The van der Waals surface area contributed by atoms with Gasteiger partial charge in [0.15, 0.2) is 6.04 Å². The van der Waals surface area contributed by atoms with Crippen molar-refractivity contribution in [3.63, 3.8) is 0 Å². The van der Waals surface area contributed by atoms with Crippen LogP contribution in [0.3, 0.4) is 0 Å². The quantitative estimate of drug-likeness (QED) is 0.796. The Balaban J connectivity index is 1.40. The van der Waals surface area contributed by atoms with Gasteiger partial charge in [-0.05, 0) is 49.3 Å². The number of amides is 1. The number of likely N-dealkylation sites (tertiary alicyclic amines) is 1. The minimum absolute atomic E-state index is 0.0936. The zero-order valence-corrected chi connectivity index (χ0v) is 16.8. The lowest BCUT2D eigenvalue weighted by molar-refractivity contribution is -0.138. The third kappa shape index (κ3) is 4.41. The Morgan fingerprint density at radius 3 is 2.50 bits per heavy atom. The molecule has 2 fully saturated rings. The van der Waals surface area contributed by atoms with E-state index in [0.717, 1.165) is 44.0 Å². The summed E-state index contributed by atoms with van der Waals surface area (Å²) in [6.45, 7) is 6.81. The van der Waals surface area contributed by atoms with Crippen molar-refractivity contribution in [2.75, 3.05) is 19.6 Å². The van der Waals surface area contributed by atoms with Gasteiger partial charge < -0.3 is 10.2 Å². The van der Waals surface area contributed by atoms with Gasteiger partial charge in [0.05, 0.1) is 0 Å². The number of benzene rings is 1. The molecule has 2 aromatic rings. The molecule has 150 valence electrons. The van der Waals surface area contributed by atoms with Gasteiger partial charge in [-0.15, -0.1) is 10.2 Å². The first-order valence-electron chi connectivity index (χ1n) is 10.5. The Morgan fingerprint density at radius 2 is 1.86 bits per heavy atom. The van der Waals surface area contributed by atoms with E-state index in [1.807, 2.05) is 49.1 Å². The molecule has 4 rings (SSSR count). The fourth-order valence-corrected chi connectivity index (χ4v) is 3.84. The van der Waals surface area contributed by atoms with Gasteiger partial charge in [0, 0.05) is 24.7 Å². The normalized spacial score (nSPS) is 19.2. The molecule has 1 aromatic carbocycles. The molecule has 2 aliphatic rings. The lowest BCUT2D eigenvalue weighted by Crippen LogP contribution is -2.48. The molecule has 0 spiro atoms. The molecule has 7 heteroatoms. The van der Waals surface area contributed by atoms with E-state index in [1.165, 1.54) is 17.6 Å². The van der Waals surface area contributed by atoms with Gasteiger partial charge in [0.2, 0.25) is 11.7 Å². The summed E-state index contributed by atoms with van der Waals surface area (Å²) in [7, 11) is 0. The predicted octanol–water partition coefficient (Wildman–Crippen LogP) is 2.53. The molecule has 7 nitrogen and oxygen atoms in total. The van der Waals surface area contributed by atoms with Crippen molar-refractivity contribution in [1.82, 2.24) is 30.4 Å². The number of tetrazole rings is 1. The third-order valence-electron chi connectivity index (χ3n) is 5.79. The molecule has 1 N–H and O–H groups in total. The van der Waals surface area contributed by atoms with E-state index >= 15 is 0 Å². The molecule has 2 heterocycles. The number of carbonyl (C=O) groups excluding carboxylic acids is 1. The average Bonchev–Trinajstić information content (AvgIpc) is 3.43. The minimum Gasteiger partial charge on any atom is -0.341 e. The first-order valence-corrected chi connectivity index (χ1v) is 10.5. The number of hydrogen-bond donors (Lipinski definition) is 1. The van der Waals surface area contributed by atoms with Crippen molar-refractivity contribution < 1.29 is 4.79 Å². The second-order valence-corrected chi connectivity index (χ2v) is 8.44. The molecule has 1 amide bonds. The summed E-state index contributed by atoms with van der Waals surface area (Å²) in [5, 5.41) is 16.6. The summed E-state index contributed by atoms with van der Waals surface area (Å²) in [4.78, 5) is 16.7. The van der Waals surface area contributed by atoms with Gasteiger partial charge in [0.1, 0.15) is 0 Å². The van der Waals surface area contributed by atoms with Crippen LogP contribution in [0.2, 0.25) is 0 Å². The van der Waals surface area contributed by atoms with Gasteiger partial charge in [0.25, 0.3) is 0 Å². The van der Waals surface area contributed by atoms with Crippen molar-refractivity contribution in [3.05, 3.63) is 30.3 Å². The number of carbonyl (C=O) groups is 1. The summed E-state index contributed by atoms with van der Waals surface area (Å²) in [6, 6.07) is 9.87. The van der Waals surface area contributed by atoms with Gasteiger partial charge >= 0.3 is 0 Å². The molecule has 1 aliphatic carbocycles. The fraction of sp³-hybridized carbons (Fsp3) is 0.619. The van der Waals surface area contributed by atoms with Crippen LogP contribution in [0.15, 0.2) is 30.3 Å². The van der Waals surface area contributed by atoms with Crippen LogP contribution in [0.1, 0.15) is 45.6 Å². The Bertz CT molecular complexity index is 777. The highest BCUT2D eigenvalue weighted by atomic mass is 16.2. The second-order valence-electron chi connectivity index (χ2n) is 8.44. The van der Waals surface area contributed by atoms with Gasteiger partial charge in [-0.25, -0.2) is 0 Å². The highest BCUT2D eigenvalue weighted by Gasteiger charge is 2.33. The van der Waals surface area contributed by atoms with Crippen molar-refractivity contribution in [2.24, 2.45) is 11.8 Å². The number of nitrogens with zero attached hydrogens (tertiary/aromatic N) is 5. The third-order valence-corrected chi connectivity index (χ3v) is 5.79. The summed E-state index contributed by atoms with van der Waals surface area (Å²) in [6.07, 6.45) is 4.78. The standard InChI is InChI=1S/C21H30N6O/c1-15(2)19(27-24-20(23-25-27)17-6-4-3-5-7-17)21(28)26-12-10-18(11-13-26)22-14-16-8-9-16/h3-7,15-16,18-19,22H,8-14H2,1-2H3. The maximum Gasteiger partial charge on any atom is 0.249 e. The maximum absolute atomic E-state index is 13.2. The summed E-state index contributed by atoms with van der Waals surface area (Å²) in [5.41, 5.74) is 0.909. The highest BCUT2D eigenvalue weighted by molar-refractivity contribution is 5.80. The topological polar surface area (TPSA) is 75.9 Å². The summed E-state index contributed by atoms with van der Waals surface area (Å²) < 4.78 is 0. The van der Waals surface area contributed by atoms with Gasteiger partial charge in [-0.1, -0.05) is 44.2 Å². The average molecular weight is 383 g/mol. The van der Waals surface area contributed by atoms with Crippen LogP contribution in [-0.2, 0) is 4.79 Å². The number of piperidine rings is 1. The Labute approximate surface area is 166 Å². The van der Waals surface area contributed by atoms with E-state index in [4.69, 9.17) is 0 Å². The molecule has 1 aromatic heterocycles. The number of hydrogen-bond acceptors (Lipinski definition) is 5. The molecule has 1 unspecified atom stereocenters. The van der Waals surface area contributed by atoms with Crippen LogP contribution in [0.4, 0.5) is 0 Å². The van der Waals surface area contributed by atoms with Crippen LogP contribution in [0.5, 0.6) is 0 Å². The first-order chi connectivity index (χ1) is 13.6. The smallest absolute Gasteiger partial charge is 0.249 e. The van der Waals surface area contributed by atoms with Gasteiger partial charge in [-0.2, -0.15) is 4.80 Å². The maximum atomic E-state index is 13.2. The van der Waals surface area contributed by atoms with E-state index < -0.39 is 6.04 Å². The molecule has 1 saturated carbocycles. The molecular weight excluding hydrogens is 352 g/mol. The number of rotatable bonds is 7. The Morgan fingerprint density at radius 1 is 1.14 bits per heavy atom. The van der Waals surface area contributed by atoms with Crippen molar-refractivity contribution >= 4 is 5.91 Å². The molecule has 1 aliphatic heterocycles. The van der Waals surface area contributed by atoms with E-state index in [9.17, 15) is 4.79 Å². The molecule has 0 radical (unpaired) electrons. The SMILES string of the molecule is CC(C)C(C(=O)N1CCC(NCC2CC2)CC1)n1nnc(-c2ccccc2)n1. The summed E-state index contributed by atoms with van der Waals surface area (Å²) in [5.74, 6) is 1.65. The van der Waals surface area contributed by atoms with Crippen LogP contribution < -0.4 is 5.32 Å². The Hall–Kier alpha value is -2.28. The lowest BCUT2D eigenvalue weighted by Gasteiger charge is -2.35. The van der Waals surface area contributed by atoms with Crippen LogP contribution >= 0.6 is 0 Å². The minimum atomic E-state index is -0.416. The number of aromatic nitrogens is 4. The second kappa shape index (κ2) is 8.39. The summed E-state index contributed by atoms with van der Waals surface area (Å²) >= 11 is 0. The predicted molar refractivity (Wildman–Crippen MR) is 107 cm³/mol. The van der Waals surface area contributed by atoms with Crippen LogP contribution in [0, 0.1) is 11.8 Å². The molecule has 1 saturated heterocycles. The molecule has 0 bridgehead atoms. The molecular formula is C21H30N6O. The zero-order chi connectivity index (χ0) is 19.5. The van der Waals surface area contributed by atoms with Gasteiger partial charge in [-0.3, -0.25) is 4.79 Å². The van der Waals surface area contributed by atoms with Crippen LogP contribution in [-0.4, -0.2) is 56.7 Å². The Kier molecular flexibility index (Phi) is 5.71. The van der Waals surface area contributed by atoms with E-state index in [2.05, 4.69) is 20.7 Å². The fourth-order valence-electron chi connectivity index (χ4n) is 3.84. The lowest BCUT2D eigenvalue weighted by atomic mass is 10.00. The number of nitrogens with one attached hydrogen (secondary N) is 1. The van der Waals surface area contributed by atoms with E-state index in [-0.39, 0.29) is 11.8 Å². The van der Waals surface area contributed by atoms with E-state index in [1.54, 1.807) is 0 Å². The molecule has 28 heavy (non-hydrogen) atoms.